The summed E-state index contributed by atoms with van der Waals surface area (Å²) in [5, 5.41) is 9.78. The summed E-state index contributed by atoms with van der Waals surface area (Å²) in [5.41, 5.74) is 2.46. The number of hydrogen-bond acceptors (Lipinski definition) is 3. The van der Waals surface area contributed by atoms with Crippen LogP contribution in [-0.4, -0.2) is 16.9 Å². The minimum atomic E-state index is -0.977. The summed E-state index contributed by atoms with van der Waals surface area (Å²) in [7, 11) is 0. The zero-order valence-electron chi connectivity index (χ0n) is 12.4. The Kier molecular flexibility index (Phi) is 3.81. The second-order valence-electron chi connectivity index (χ2n) is 5.18. The molecule has 0 amide bonds. The van der Waals surface area contributed by atoms with Crippen LogP contribution in [0.15, 0.2) is 59.0 Å². The van der Waals surface area contributed by atoms with Gasteiger partial charge in [0.05, 0.1) is 5.56 Å². The van der Waals surface area contributed by atoms with Crippen molar-refractivity contribution in [2.45, 2.75) is 6.92 Å². The normalized spacial score (nSPS) is 11.2. The molecule has 3 rings (SSSR count). The van der Waals surface area contributed by atoms with Gasteiger partial charge in [-0.1, -0.05) is 36.4 Å². The van der Waals surface area contributed by atoms with Crippen LogP contribution in [0.4, 0.5) is 0 Å². The van der Waals surface area contributed by atoms with E-state index in [-0.39, 0.29) is 11.3 Å². The van der Waals surface area contributed by atoms with Crippen LogP contribution in [0.2, 0.25) is 0 Å². The monoisotopic (exact) mass is 306 g/mol. The Hall–Kier alpha value is -3.14. The van der Waals surface area contributed by atoms with Gasteiger partial charge in [0.15, 0.2) is 5.76 Å². The van der Waals surface area contributed by atoms with Crippen molar-refractivity contribution in [1.29, 1.82) is 0 Å². The van der Waals surface area contributed by atoms with Crippen LogP contribution in [-0.2, 0) is 0 Å². The van der Waals surface area contributed by atoms with E-state index in [1.54, 1.807) is 18.2 Å². The standard InChI is InChI=1S/C19H14O4/c1-12-15-4-2-3-5-17(15)23-18(12)16(20)11-8-13-6-9-14(10-7-13)19(21)22/h2-11H,1H3,(H,21,22)/b11-8+. The fourth-order valence-electron chi connectivity index (χ4n) is 2.39. The smallest absolute Gasteiger partial charge is 0.335 e. The lowest BCUT2D eigenvalue weighted by Crippen LogP contribution is -1.95. The summed E-state index contributed by atoms with van der Waals surface area (Å²) in [6, 6.07) is 13.8. The van der Waals surface area contributed by atoms with Crippen molar-refractivity contribution in [2.75, 3.05) is 0 Å². The number of carboxylic acid groups (broad SMARTS) is 1. The molecule has 23 heavy (non-hydrogen) atoms. The van der Waals surface area contributed by atoms with Gasteiger partial charge in [-0.05, 0) is 36.8 Å². The number of hydrogen-bond donors (Lipinski definition) is 1. The third kappa shape index (κ3) is 2.92. The Morgan fingerprint density at radius 1 is 1.04 bits per heavy atom. The first-order valence-corrected chi connectivity index (χ1v) is 7.10. The van der Waals surface area contributed by atoms with Crippen LogP contribution in [0.5, 0.6) is 0 Å². The fraction of sp³-hybridized carbons (Fsp3) is 0.0526. The van der Waals surface area contributed by atoms with E-state index in [0.717, 1.165) is 16.5 Å². The molecule has 114 valence electrons. The van der Waals surface area contributed by atoms with E-state index in [2.05, 4.69) is 0 Å². The van der Waals surface area contributed by atoms with Gasteiger partial charge in [-0.2, -0.15) is 0 Å². The molecule has 0 aliphatic carbocycles. The molecule has 0 saturated carbocycles. The van der Waals surface area contributed by atoms with Gasteiger partial charge in [0, 0.05) is 10.9 Å². The molecular weight excluding hydrogens is 292 g/mol. The number of fused-ring (bicyclic) bond motifs is 1. The van der Waals surface area contributed by atoms with Gasteiger partial charge >= 0.3 is 5.97 Å². The Labute approximate surface area is 132 Å². The largest absolute Gasteiger partial charge is 0.478 e. The number of carbonyl (C=O) groups excluding carboxylic acids is 1. The van der Waals surface area contributed by atoms with E-state index < -0.39 is 5.97 Å². The van der Waals surface area contributed by atoms with Gasteiger partial charge in [-0.3, -0.25) is 4.79 Å². The zero-order chi connectivity index (χ0) is 16.4. The van der Waals surface area contributed by atoms with Gasteiger partial charge in [-0.15, -0.1) is 0 Å². The molecule has 4 nitrogen and oxygen atoms in total. The second kappa shape index (κ2) is 5.93. The van der Waals surface area contributed by atoms with Gasteiger partial charge in [0.1, 0.15) is 5.58 Å². The second-order valence-corrected chi connectivity index (χ2v) is 5.18. The number of carboxylic acids is 1. The Morgan fingerprint density at radius 2 is 1.74 bits per heavy atom. The van der Waals surface area contributed by atoms with Gasteiger partial charge < -0.3 is 9.52 Å². The average molecular weight is 306 g/mol. The predicted octanol–water partition coefficient (Wildman–Crippen LogP) is 4.34. The Morgan fingerprint density at radius 3 is 2.39 bits per heavy atom. The summed E-state index contributed by atoms with van der Waals surface area (Å²) < 4.78 is 5.62. The SMILES string of the molecule is Cc1c(C(=O)/C=C/c2ccc(C(=O)O)cc2)oc2ccccc12. The quantitative estimate of drug-likeness (QED) is 0.575. The van der Waals surface area contributed by atoms with Crippen molar-refractivity contribution in [3.05, 3.63) is 77.1 Å². The molecule has 0 saturated heterocycles. The number of carbonyl (C=O) groups is 2. The summed E-state index contributed by atoms with van der Waals surface area (Å²) in [5.74, 6) is -0.875. The van der Waals surface area contributed by atoms with Crippen LogP contribution >= 0.6 is 0 Å². The van der Waals surface area contributed by atoms with Gasteiger partial charge in [0.25, 0.3) is 0 Å². The minimum absolute atomic E-state index is 0.210. The lowest BCUT2D eigenvalue weighted by Gasteiger charge is -1.96. The van der Waals surface area contributed by atoms with E-state index in [4.69, 9.17) is 9.52 Å². The Balaban J connectivity index is 1.85. The summed E-state index contributed by atoms with van der Waals surface area (Å²) in [4.78, 5) is 23.1. The molecular formula is C19H14O4. The molecule has 0 aliphatic heterocycles. The van der Waals surface area contributed by atoms with Crippen molar-refractivity contribution in [3.63, 3.8) is 0 Å². The maximum Gasteiger partial charge on any atom is 0.335 e. The molecule has 1 heterocycles. The van der Waals surface area contributed by atoms with Crippen LogP contribution in [0, 0.1) is 6.92 Å². The molecule has 0 fully saturated rings. The molecule has 0 bridgehead atoms. The van der Waals surface area contributed by atoms with E-state index >= 15 is 0 Å². The maximum absolute atomic E-state index is 12.3. The average Bonchev–Trinajstić information content (AvgIpc) is 2.90. The number of allylic oxidation sites excluding steroid dienone is 1. The highest BCUT2D eigenvalue weighted by Crippen LogP contribution is 2.25. The molecule has 0 spiro atoms. The van der Waals surface area contributed by atoms with Crippen LogP contribution in [0.25, 0.3) is 17.0 Å². The lowest BCUT2D eigenvalue weighted by molar-refractivity contribution is 0.0696. The first kappa shape index (κ1) is 14.8. The molecule has 0 atom stereocenters. The van der Waals surface area contributed by atoms with E-state index in [1.807, 2.05) is 31.2 Å². The van der Waals surface area contributed by atoms with E-state index in [1.165, 1.54) is 18.2 Å². The Bertz CT molecular complexity index is 914. The molecule has 1 aromatic heterocycles. The third-order valence-electron chi connectivity index (χ3n) is 3.65. The number of rotatable bonds is 4. The predicted molar refractivity (Wildman–Crippen MR) is 87.7 cm³/mol. The van der Waals surface area contributed by atoms with Crippen molar-refractivity contribution >= 4 is 28.8 Å². The number of ketones is 1. The molecule has 0 aliphatic rings. The molecule has 4 heteroatoms. The molecule has 0 unspecified atom stereocenters. The number of furan rings is 1. The molecule has 1 N–H and O–H groups in total. The molecule has 3 aromatic rings. The first-order valence-electron chi connectivity index (χ1n) is 7.10. The van der Waals surface area contributed by atoms with Crippen LogP contribution < -0.4 is 0 Å². The highest BCUT2D eigenvalue weighted by molar-refractivity contribution is 6.08. The number of benzene rings is 2. The maximum atomic E-state index is 12.3. The minimum Gasteiger partial charge on any atom is -0.478 e. The van der Waals surface area contributed by atoms with Crippen molar-refractivity contribution in [1.82, 2.24) is 0 Å². The molecule has 2 aromatic carbocycles. The van der Waals surface area contributed by atoms with E-state index in [9.17, 15) is 9.59 Å². The molecule has 0 radical (unpaired) electrons. The fourth-order valence-corrected chi connectivity index (χ4v) is 2.39. The highest BCUT2D eigenvalue weighted by Gasteiger charge is 2.14. The van der Waals surface area contributed by atoms with E-state index in [0.29, 0.717) is 11.3 Å². The van der Waals surface area contributed by atoms with Crippen molar-refractivity contribution in [2.24, 2.45) is 0 Å². The van der Waals surface area contributed by atoms with Gasteiger partial charge in [0.2, 0.25) is 5.78 Å². The number of aryl methyl sites for hydroxylation is 1. The summed E-state index contributed by atoms with van der Waals surface area (Å²) >= 11 is 0. The first-order chi connectivity index (χ1) is 11.1. The number of para-hydroxylation sites is 1. The van der Waals surface area contributed by atoms with Crippen LogP contribution in [0.3, 0.4) is 0 Å². The summed E-state index contributed by atoms with van der Waals surface area (Å²) in [6.07, 6.45) is 3.07. The highest BCUT2D eigenvalue weighted by atomic mass is 16.4. The van der Waals surface area contributed by atoms with Crippen molar-refractivity contribution < 1.29 is 19.1 Å². The third-order valence-corrected chi connectivity index (χ3v) is 3.65. The van der Waals surface area contributed by atoms with Crippen LogP contribution in [0.1, 0.15) is 32.0 Å². The lowest BCUT2D eigenvalue weighted by atomic mass is 10.1. The topological polar surface area (TPSA) is 67.5 Å². The zero-order valence-corrected chi connectivity index (χ0v) is 12.4. The van der Waals surface area contributed by atoms with Crippen molar-refractivity contribution in [3.8, 4) is 0 Å². The van der Waals surface area contributed by atoms with Gasteiger partial charge in [-0.25, -0.2) is 4.79 Å². The number of aromatic carboxylic acids is 1. The summed E-state index contributed by atoms with van der Waals surface area (Å²) in [6.45, 7) is 1.86.